The lowest BCUT2D eigenvalue weighted by molar-refractivity contribution is -0.142. The van der Waals surface area contributed by atoms with E-state index in [9.17, 15) is 4.79 Å². The van der Waals surface area contributed by atoms with Gasteiger partial charge in [0.05, 0.1) is 12.5 Å². The number of ether oxygens (including phenoxy) is 1. The average Bonchev–Trinajstić information content (AvgIpc) is 2.33. The quantitative estimate of drug-likeness (QED) is 0.570. The molecule has 1 saturated heterocycles. The summed E-state index contributed by atoms with van der Waals surface area (Å²) >= 11 is 0. The Balaban J connectivity index is 2.52. The Bertz CT molecular complexity index is 152. The second-order valence-corrected chi connectivity index (χ2v) is 3.67. The molecule has 0 N–H and O–H groups in total. The molecular weight excluding hydrogens is 140 g/mol. The number of cyclic esters (lactones) is 1. The molecule has 2 unspecified atom stereocenters. The zero-order valence-corrected chi connectivity index (χ0v) is 7.46. The van der Waals surface area contributed by atoms with Crippen LogP contribution in [0.25, 0.3) is 0 Å². The zero-order chi connectivity index (χ0) is 8.43. The topological polar surface area (TPSA) is 26.3 Å². The van der Waals surface area contributed by atoms with E-state index in [1.807, 2.05) is 0 Å². The highest BCUT2D eigenvalue weighted by molar-refractivity contribution is 5.74. The predicted molar refractivity (Wildman–Crippen MR) is 43.1 cm³/mol. The maximum atomic E-state index is 11.1. The van der Waals surface area contributed by atoms with Crippen LogP contribution in [0, 0.1) is 17.8 Å². The normalized spacial score (nSPS) is 27.3. The molecule has 2 heteroatoms. The molecule has 11 heavy (non-hydrogen) atoms. The van der Waals surface area contributed by atoms with E-state index in [2.05, 4.69) is 20.8 Å². The van der Waals surface area contributed by atoms with Gasteiger partial charge >= 0.3 is 5.97 Å². The Labute approximate surface area is 67.9 Å². The number of hydrogen-bond acceptors (Lipinski definition) is 2. The first-order chi connectivity index (χ1) is 5.13. The van der Waals surface area contributed by atoms with Crippen LogP contribution in [0.1, 0.15) is 27.2 Å². The number of carbonyl (C=O) groups is 1. The monoisotopic (exact) mass is 156 g/mol. The molecule has 0 aliphatic carbocycles. The number of carbonyl (C=O) groups excluding carboxylic acids is 1. The molecule has 0 aromatic rings. The molecule has 0 bridgehead atoms. The first-order valence-corrected chi connectivity index (χ1v) is 4.29. The van der Waals surface area contributed by atoms with Crippen molar-refractivity contribution >= 4 is 5.97 Å². The van der Waals surface area contributed by atoms with Crippen LogP contribution in [-0.4, -0.2) is 12.6 Å². The fourth-order valence-corrected chi connectivity index (χ4v) is 1.45. The lowest BCUT2D eigenvalue weighted by Crippen LogP contribution is -2.21. The number of rotatable bonds is 2. The highest BCUT2D eigenvalue weighted by Crippen LogP contribution is 2.28. The molecule has 0 aromatic heterocycles. The van der Waals surface area contributed by atoms with Crippen LogP contribution in [-0.2, 0) is 9.53 Å². The van der Waals surface area contributed by atoms with Gasteiger partial charge in [-0.05, 0) is 18.3 Å². The molecule has 1 aliphatic rings. The summed E-state index contributed by atoms with van der Waals surface area (Å²) in [5.74, 6) is 1.21. The fraction of sp³-hybridized carbons (Fsp3) is 0.889. The third kappa shape index (κ3) is 1.73. The van der Waals surface area contributed by atoms with Gasteiger partial charge < -0.3 is 4.74 Å². The summed E-state index contributed by atoms with van der Waals surface area (Å²) in [4.78, 5) is 11.1. The minimum Gasteiger partial charge on any atom is -0.465 e. The van der Waals surface area contributed by atoms with Crippen molar-refractivity contribution in [2.75, 3.05) is 6.61 Å². The molecule has 1 heterocycles. The van der Waals surface area contributed by atoms with E-state index in [1.165, 1.54) is 0 Å². The van der Waals surface area contributed by atoms with Gasteiger partial charge in [-0.25, -0.2) is 0 Å². The van der Waals surface area contributed by atoms with E-state index in [1.54, 1.807) is 0 Å². The highest BCUT2D eigenvalue weighted by atomic mass is 16.5. The number of hydrogen-bond donors (Lipinski definition) is 0. The van der Waals surface area contributed by atoms with Crippen molar-refractivity contribution in [3.63, 3.8) is 0 Å². The first kappa shape index (κ1) is 8.57. The summed E-state index contributed by atoms with van der Waals surface area (Å²) in [6.45, 7) is 7.05. The van der Waals surface area contributed by atoms with E-state index >= 15 is 0 Å². The van der Waals surface area contributed by atoms with Crippen molar-refractivity contribution in [1.82, 2.24) is 0 Å². The molecule has 1 aliphatic heterocycles. The Kier molecular flexibility index (Phi) is 2.53. The van der Waals surface area contributed by atoms with Gasteiger partial charge in [-0.2, -0.15) is 0 Å². The molecule has 0 radical (unpaired) electrons. The molecule has 2 nitrogen and oxygen atoms in total. The minimum atomic E-state index is 0.00574. The minimum absolute atomic E-state index is 0.00574. The van der Waals surface area contributed by atoms with Crippen LogP contribution < -0.4 is 0 Å². The van der Waals surface area contributed by atoms with Crippen LogP contribution >= 0.6 is 0 Å². The summed E-state index contributed by atoms with van der Waals surface area (Å²) in [5, 5.41) is 0. The lowest BCUT2D eigenvalue weighted by atomic mass is 9.84. The van der Waals surface area contributed by atoms with E-state index in [0.29, 0.717) is 18.4 Å². The standard InChI is InChI=1S/C9H16O2/c1-6(2)7(3)8-4-5-11-9(8)10/h6-8H,4-5H2,1-3H3. The van der Waals surface area contributed by atoms with Crippen molar-refractivity contribution in [2.45, 2.75) is 27.2 Å². The van der Waals surface area contributed by atoms with Gasteiger partial charge in [0.25, 0.3) is 0 Å². The van der Waals surface area contributed by atoms with Crippen LogP contribution in [0.15, 0.2) is 0 Å². The molecule has 1 fully saturated rings. The van der Waals surface area contributed by atoms with Crippen molar-refractivity contribution in [1.29, 1.82) is 0 Å². The van der Waals surface area contributed by atoms with Gasteiger partial charge in [0.2, 0.25) is 0 Å². The van der Waals surface area contributed by atoms with Crippen LogP contribution in [0.2, 0.25) is 0 Å². The molecule has 1 rings (SSSR count). The third-order valence-corrected chi connectivity index (χ3v) is 2.66. The van der Waals surface area contributed by atoms with Crippen molar-refractivity contribution in [2.24, 2.45) is 17.8 Å². The highest BCUT2D eigenvalue weighted by Gasteiger charge is 2.32. The summed E-state index contributed by atoms with van der Waals surface area (Å²) in [6.07, 6.45) is 0.915. The van der Waals surface area contributed by atoms with Crippen LogP contribution in [0.3, 0.4) is 0 Å². The van der Waals surface area contributed by atoms with Crippen molar-refractivity contribution in [3.05, 3.63) is 0 Å². The predicted octanol–water partition coefficient (Wildman–Crippen LogP) is 1.84. The molecule has 0 saturated carbocycles. The van der Waals surface area contributed by atoms with Gasteiger partial charge in [-0.1, -0.05) is 20.8 Å². The second kappa shape index (κ2) is 3.24. The van der Waals surface area contributed by atoms with Gasteiger partial charge in [-0.15, -0.1) is 0 Å². The molecular formula is C9H16O2. The van der Waals surface area contributed by atoms with Gasteiger partial charge in [0.1, 0.15) is 0 Å². The van der Waals surface area contributed by atoms with Crippen LogP contribution in [0.4, 0.5) is 0 Å². The van der Waals surface area contributed by atoms with E-state index < -0.39 is 0 Å². The smallest absolute Gasteiger partial charge is 0.309 e. The maximum absolute atomic E-state index is 11.1. The SMILES string of the molecule is CC(C)C(C)C1CCOC1=O. The summed E-state index contributed by atoms with van der Waals surface area (Å²) < 4.78 is 4.90. The average molecular weight is 156 g/mol. The lowest BCUT2D eigenvalue weighted by Gasteiger charge is -2.18. The Morgan fingerprint density at radius 3 is 2.45 bits per heavy atom. The summed E-state index contributed by atoms with van der Waals surface area (Å²) in [7, 11) is 0. The van der Waals surface area contributed by atoms with Gasteiger partial charge in [0.15, 0.2) is 0 Å². The third-order valence-electron chi connectivity index (χ3n) is 2.66. The van der Waals surface area contributed by atoms with Gasteiger partial charge in [-0.3, -0.25) is 4.79 Å². The number of esters is 1. The summed E-state index contributed by atoms with van der Waals surface area (Å²) in [5.41, 5.74) is 0. The van der Waals surface area contributed by atoms with E-state index in [0.717, 1.165) is 6.42 Å². The van der Waals surface area contributed by atoms with Crippen molar-refractivity contribution < 1.29 is 9.53 Å². The van der Waals surface area contributed by atoms with Crippen molar-refractivity contribution in [3.8, 4) is 0 Å². The fourth-order valence-electron chi connectivity index (χ4n) is 1.45. The molecule has 0 amide bonds. The van der Waals surface area contributed by atoms with E-state index in [-0.39, 0.29) is 11.9 Å². The molecule has 0 spiro atoms. The zero-order valence-electron chi connectivity index (χ0n) is 7.46. The maximum Gasteiger partial charge on any atom is 0.309 e. The molecule has 64 valence electrons. The summed E-state index contributed by atoms with van der Waals surface area (Å²) in [6, 6.07) is 0. The second-order valence-electron chi connectivity index (χ2n) is 3.67. The first-order valence-electron chi connectivity index (χ1n) is 4.29. The molecule has 0 aromatic carbocycles. The Hall–Kier alpha value is -0.530. The van der Waals surface area contributed by atoms with E-state index in [4.69, 9.17) is 4.74 Å². The van der Waals surface area contributed by atoms with Crippen LogP contribution in [0.5, 0.6) is 0 Å². The Morgan fingerprint density at radius 2 is 2.09 bits per heavy atom. The largest absolute Gasteiger partial charge is 0.465 e. The molecule has 2 atom stereocenters. The Morgan fingerprint density at radius 1 is 1.45 bits per heavy atom. The van der Waals surface area contributed by atoms with Gasteiger partial charge in [0, 0.05) is 0 Å².